The molecule has 1 N–H and O–H groups in total. The Kier molecular flexibility index (Phi) is 4.60. The van der Waals surface area contributed by atoms with Gasteiger partial charge in [-0.15, -0.1) is 0 Å². The van der Waals surface area contributed by atoms with E-state index in [2.05, 4.69) is 15.3 Å². The third kappa shape index (κ3) is 3.50. The summed E-state index contributed by atoms with van der Waals surface area (Å²) in [6.07, 6.45) is 4.80. The highest BCUT2D eigenvalue weighted by Crippen LogP contribution is 2.19. The SMILES string of the molecule is COc1ccc(F)cc1CCNC(=O)c1cnccn1. The number of benzene rings is 1. The number of methoxy groups -OCH3 is 1. The van der Waals surface area contributed by atoms with Crippen LogP contribution in [0.5, 0.6) is 5.75 Å². The van der Waals surface area contributed by atoms with Gasteiger partial charge < -0.3 is 10.1 Å². The van der Waals surface area contributed by atoms with Crippen molar-refractivity contribution < 1.29 is 13.9 Å². The molecule has 6 heteroatoms. The average Bonchev–Trinajstić information content (AvgIpc) is 2.48. The predicted molar refractivity (Wildman–Crippen MR) is 71.0 cm³/mol. The summed E-state index contributed by atoms with van der Waals surface area (Å²) in [6, 6.07) is 4.29. The van der Waals surface area contributed by atoms with Crippen LogP contribution in [0.1, 0.15) is 16.1 Å². The second-order valence-electron chi connectivity index (χ2n) is 4.05. The van der Waals surface area contributed by atoms with Crippen LogP contribution in [0.3, 0.4) is 0 Å². The first kappa shape index (κ1) is 13.9. The molecule has 0 aliphatic carbocycles. The van der Waals surface area contributed by atoms with E-state index >= 15 is 0 Å². The van der Waals surface area contributed by atoms with Gasteiger partial charge in [-0.3, -0.25) is 9.78 Å². The first-order chi connectivity index (χ1) is 9.70. The molecule has 1 amide bonds. The van der Waals surface area contributed by atoms with Crippen LogP contribution in [0.2, 0.25) is 0 Å². The molecule has 20 heavy (non-hydrogen) atoms. The van der Waals surface area contributed by atoms with Crippen LogP contribution in [-0.2, 0) is 6.42 Å². The van der Waals surface area contributed by atoms with Crippen molar-refractivity contribution in [3.8, 4) is 5.75 Å². The summed E-state index contributed by atoms with van der Waals surface area (Å²) in [5, 5.41) is 2.70. The zero-order valence-electron chi connectivity index (χ0n) is 11.0. The molecular weight excluding hydrogens is 261 g/mol. The number of hydrogen-bond acceptors (Lipinski definition) is 4. The van der Waals surface area contributed by atoms with Crippen molar-refractivity contribution in [2.75, 3.05) is 13.7 Å². The minimum absolute atomic E-state index is 0.249. The number of halogens is 1. The van der Waals surface area contributed by atoms with E-state index in [9.17, 15) is 9.18 Å². The van der Waals surface area contributed by atoms with Crippen molar-refractivity contribution in [2.45, 2.75) is 6.42 Å². The van der Waals surface area contributed by atoms with Gasteiger partial charge in [-0.1, -0.05) is 0 Å². The van der Waals surface area contributed by atoms with Gasteiger partial charge in [-0.05, 0) is 30.2 Å². The van der Waals surface area contributed by atoms with Gasteiger partial charge >= 0.3 is 0 Å². The number of ether oxygens (including phenoxy) is 1. The highest BCUT2D eigenvalue weighted by molar-refractivity contribution is 5.91. The van der Waals surface area contributed by atoms with Crippen molar-refractivity contribution >= 4 is 5.91 Å². The summed E-state index contributed by atoms with van der Waals surface area (Å²) >= 11 is 0. The number of rotatable bonds is 5. The molecule has 0 spiro atoms. The minimum Gasteiger partial charge on any atom is -0.496 e. The van der Waals surface area contributed by atoms with Crippen LogP contribution in [0.25, 0.3) is 0 Å². The normalized spacial score (nSPS) is 10.1. The Balaban J connectivity index is 1.93. The molecule has 0 radical (unpaired) electrons. The Morgan fingerprint density at radius 3 is 2.95 bits per heavy atom. The number of carbonyl (C=O) groups is 1. The van der Waals surface area contributed by atoms with Crippen molar-refractivity contribution in [1.29, 1.82) is 0 Å². The van der Waals surface area contributed by atoms with E-state index in [4.69, 9.17) is 4.74 Å². The summed E-state index contributed by atoms with van der Waals surface area (Å²) in [5.41, 5.74) is 0.950. The van der Waals surface area contributed by atoms with Gasteiger partial charge in [-0.2, -0.15) is 0 Å². The van der Waals surface area contributed by atoms with E-state index in [-0.39, 0.29) is 17.4 Å². The van der Waals surface area contributed by atoms with E-state index < -0.39 is 0 Å². The molecule has 5 nitrogen and oxygen atoms in total. The Labute approximate surface area is 115 Å². The summed E-state index contributed by atoms with van der Waals surface area (Å²) in [7, 11) is 1.52. The van der Waals surface area contributed by atoms with Crippen LogP contribution in [0, 0.1) is 5.82 Å². The molecule has 2 aromatic rings. The first-order valence-electron chi connectivity index (χ1n) is 6.07. The minimum atomic E-state index is -0.332. The third-order valence-corrected chi connectivity index (χ3v) is 2.72. The maximum absolute atomic E-state index is 13.2. The highest BCUT2D eigenvalue weighted by Gasteiger charge is 2.08. The smallest absolute Gasteiger partial charge is 0.271 e. The van der Waals surface area contributed by atoms with Gasteiger partial charge in [0.05, 0.1) is 13.3 Å². The molecule has 104 valence electrons. The predicted octanol–water partition coefficient (Wildman–Crippen LogP) is 1.60. The summed E-state index contributed by atoms with van der Waals surface area (Å²) in [6.45, 7) is 0.356. The average molecular weight is 275 g/mol. The topological polar surface area (TPSA) is 64.1 Å². The van der Waals surface area contributed by atoms with E-state index in [1.807, 2.05) is 0 Å². The number of carbonyl (C=O) groups excluding carboxylic acids is 1. The van der Waals surface area contributed by atoms with Gasteiger partial charge in [-0.25, -0.2) is 9.37 Å². The molecule has 0 bridgehead atoms. The van der Waals surface area contributed by atoms with E-state index in [0.717, 1.165) is 0 Å². The van der Waals surface area contributed by atoms with E-state index in [1.165, 1.54) is 37.8 Å². The molecule has 0 unspecified atom stereocenters. The lowest BCUT2D eigenvalue weighted by Crippen LogP contribution is -2.26. The van der Waals surface area contributed by atoms with Crippen LogP contribution in [0.15, 0.2) is 36.8 Å². The lowest BCUT2D eigenvalue weighted by atomic mass is 10.1. The van der Waals surface area contributed by atoms with Gasteiger partial charge in [0.25, 0.3) is 5.91 Å². The van der Waals surface area contributed by atoms with E-state index in [0.29, 0.717) is 24.3 Å². The second-order valence-corrected chi connectivity index (χ2v) is 4.05. The molecule has 0 fully saturated rings. The second kappa shape index (κ2) is 6.60. The third-order valence-electron chi connectivity index (χ3n) is 2.72. The number of amides is 1. The lowest BCUT2D eigenvalue weighted by molar-refractivity contribution is 0.0948. The van der Waals surface area contributed by atoms with Crippen LogP contribution >= 0.6 is 0 Å². The number of nitrogens with zero attached hydrogens (tertiary/aromatic N) is 2. The number of nitrogens with one attached hydrogen (secondary N) is 1. The van der Waals surface area contributed by atoms with Crippen LogP contribution in [0.4, 0.5) is 4.39 Å². The molecule has 1 aromatic heterocycles. The lowest BCUT2D eigenvalue weighted by Gasteiger charge is -2.09. The van der Waals surface area contributed by atoms with E-state index in [1.54, 1.807) is 6.07 Å². The maximum Gasteiger partial charge on any atom is 0.271 e. The Hall–Kier alpha value is -2.50. The Morgan fingerprint density at radius 1 is 1.40 bits per heavy atom. The largest absolute Gasteiger partial charge is 0.496 e. The van der Waals surface area contributed by atoms with Gasteiger partial charge in [0.15, 0.2) is 0 Å². The summed E-state index contributed by atoms with van der Waals surface area (Å²) in [4.78, 5) is 19.4. The van der Waals surface area contributed by atoms with Crippen molar-refractivity contribution in [3.63, 3.8) is 0 Å². The molecule has 0 saturated heterocycles. The first-order valence-corrected chi connectivity index (χ1v) is 6.07. The monoisotopic (exact) mass is 275 g/mol. The molecule has 0 aliphatic heterocycles. The number of aromatic nitrogens is 2. The quantitative estimate of drug-likeness (QED) is 0.900. The molecule has 0 saturated carbocycles. The van der Waals surface area contributed by atoms with Gasteiger partial charge in [0, 0.05) is 18.9 Å². The zero-order chi connectivity index (χ0) is 14.4. The molecule has 1 aromatic carbocycles. The zero-order valence-corrected chi connectivity index (χ0v) is 11.0. The maximum atomic E-state index is 13.2. The summed E-state index contributed by atoms with van der Waals surface area (Å²) in [5.74, 6) is -0.0466. The van der Waals surface area contributed by atoms with Crippen LogP contribution < -0.4 is 10.1 Å². The van der Waals surface area contributed by atoms with Crippen molar-refractivity contribution in [2.24, 2.45) is 0 Å². The Bertz CT molecular complexity index is 590. The van der Waals surface area contributed by atoms with Crippen molar-refractivity contribution in [1.82, 2.24) is 15.3 Å². The standard InChI is InChI=1S/C14H14FN3O2/c1-20-13-3-2-11(15)8-10(13)4-5-18-14(19)12-9-16-6-7-17-12/h2-3,6-9H,4-5H2,1H3,(H,18,19). The fraction of sp³-hybridized carbons (Fsp3) is 0.214. The summed E-state index contributed by atoms with van der Waals surface area (Å²) < 4.78 is 18.3. The molecule has 2 rings (SSSR count). The molecule has 0 atom stereocenters. The van der Waals surface area contributed by atoms with Gasteiger partial charge in [0.2, 0.25) is 0 Å². The molecule has 0 aliphatic rings. The van der Waals surface area contributed by atoms with Crippen LogP contribution in [-0.4, -0.2) is 29.5 Å². The fourth-order valence-corrected chi connectivity index (χ4v) is 1.76. The molecular formula is C14H14FN3O2. The highest BCUT2D eigenvalue weighted by atomic mass is 19.1. The molecule has 1 heterocycles. The fourth-order valence-electron chi connectivity index (χ4n) is 1.76. The number of hydrogen-bond donors (Lipinski definition) is 1. The van der Waals surface area contributed by atoms with Gasteiger partial charge in [0.1, 0.15) is 17.3 Å². The van der Waals surface area contributed by atoms with Crippen molar-refractivity contribution in [3.05, 3.63) is 53.9 Å². The Morgan fingerprint density at radius 2 is 2.25 bits per heavy atom.